The largest absolute Gasteiger partial charge is 0.342 e. The number of carbonyl (C=O) groups is 1. The minimum Gasteiger partial charge on any atom is -0.342 e. The van der Waals surface area contributed by atoms with Crippen molar-refractivity contribution in [1.82, 2.24) is 4.90 Å². The zero-order chi connectivity index (χ0) is 18.4. The molecule has 136 valence electrons. The first-order chi connectivity index (χ1) is 11.5. The molecule has 1 aromatic rings. The van der Waals surface area contributed by atoms with Crippen LogP contribution in [0.4, 0.5) is 4.39 Å². The summed E-state index contributed by atoms with van der Waals surface area (Å²) in [4.78, 5) is 18.5. The number of aliphatic imine (C=N–C) groups is 1. The molecule has 0 spiro atoms. The molecule has 0 bridgehead atoms. The summed E-state index contributed by atoms with van der Waals surface area (Å²) in [7, 11) is -3.08. The van der Waals surface area contributed by atoms with E-state index in [2.05, 4.69) is 4.99 Å². The number of amides is 1. The Bertz CT molecular complexity index is 813. The molecule has 0 aliphatic carbocycles. The molecule has 2 atom stereocenters. The summed E-state index contributed by atoms with van der Waals surface area (Å²) >= 11 is 1.36. The Hall–Kier alpha value is -1.41. The van der Waals surface area contributed by atoms with Gasteiger partial charge in [-0.2, -0.15) is 4.99 Å². The van der Waals surface area contributed by atoms with Crippen LogP contribution in [0.25, 0.3) is 0 Å². The maximum absolute atomic E-state index is 13.1. The number of hydrogen-bond donors (Lipinski definition) is 0. The van der Waals surface area contributed by atoms with Gasteiger partial charge in [-0.25, -0.2) is 12.8 Å². The zero-order valence-corrected chi connectivity index (χ0v) is 16.0. The van der Waals surface area contributed by atoms with E-state index in [0.717, 1.165) is 5.56 Å². The van der Waals surface area contributed by atoms with Crippen molar-refractivity contribution in [2.75, 3.05) is 11.5 Å². The van der Waals surface area contributed by atoms with E-state index in [1.165, 1.54) is 23.9 Å². The predicted molar refractivity (Wildman–Crippen MR) is 97.7 cm³/mol. The van der Waals surface area contributed by atoms with Crippen molar-refractivity contribution in [2.45, 2.75) is 38.6 Å². The van der Waals surface area contributed by atoms with Crippen LogP contribution in [0.2, 0.25) is 0 Å². The van der Waals surface area contributed by atoms with Gasteiger partial charge in [0.1, 0.15) is 5.82 Å². The second-order valence-electron chi connectivity index (χ2n) is 7.50. The van der Waals surface area contributed by atoms with E-state index in [1.807, 2.05) is 4.90 Å². The first-order valence-corrected chi connectivity index (χ1v) is 10.8. The van der Waals surface area contributed by atoms with Crippen LogP contribution in [-0.2, 0) is 21.2 Å². The Labute approximate surface area is 151 Å². The Morgan fingerprint density at radius 3 is 2.52 bits per heavy atom. The van der Waals surface area contributed by atoms with E-state index in [0.29, 0.717) is 11.7 Å². The van der Waals surface area contributed by atoms with Crippen LogP contribution in [0.1, 0.15) is 26.3 Å². The fourth-order valence-corrected chi connectivity index (χ4v) is 6.81. The van der Waals surface area contributed by atoms with Gasteiger partial charge in [-0.05, 0) is 17.7 Å². The molecular weight excluding hydrogens is 363 g/mol. The first kappa shape index (κ1) is 18.4. The lowest BCUT2D eigenvalue weighted by molar-refractivity contribution is -0.124. The summed E-state index contributed by atoms with van der Waals surface area (Å²) in [6, 6.07) is 5.88. The number of halogens is 1. The van der Waals surface area contributed by atoms with Gasteiger partial charge < -0.3 is 4.90 Å². The van der Waals surface area contributed by atoms with E-state index < -0.39 is 15.3 Å². The van der Waals surface area contributed by atoms with Gasteiger partial charge in [0.25, 0.3) is 5.91 Å². The number of rotatable bonds is 2. The molecule has 2 aliphatic heterocycles. The van der Waals surface area contributed by atoms with Crippen molar-refractivity contribution in [3.8, 4) is 0 Å². The van der Waals surface area contributed by atoms with Gasteiger partial charge in [0, 0.05) is 17.2 Å². The fourth-order valence-electron chi connectivity index (χ4n) is 2.86. The average Bonchev–Trinajstić information content (AvgIpc) is 2.93. The van der Waals surface area contributed by atoms with Gasteiger partial charge in [-0.3, -0.25) is 4.79 Å². The minimum atomic E-state index is -3.08. The molecule has 3 rings (SSSR count). The third kappa shape index (κ3) is 4.06. The Morgan fingerprint density at radius 2 is 1.92 bits per heavy atom. The molecule has 8 heteroatoms. The number of sulfone groups is 1. The highest BCUT2D eigenvalue weighted by Crippen LogP contribution is 2.39. The van der Waals surface area contributed by atoms with Crippen LogP contribution in [0.3, 0.4) is 0 Å². The topological polar surface area (TPSA) is 66.8 Å². The molecule has 1 amide bonds. The molecule has 0 radical (unpaired) electrons. The van der Waals surface area contributed by atoms with Gasteiger partial charge in [-0.15, -0.1) is 0 Å². The van der Waals surface area contributed by atoms with Crippen LogP contribution in [0.15, 0.2) is 29.3 Å². The summed E-state index contributed by atoms with van der Waals surface area (Å²) in [6.07, 6.45) is 0. The van der Waals surface area contributed by atoms with Gasteiger partial charge in [0.2, 0.25) is 0 Å². The maximum atomic E-state index is 13.1. The number of hydrogen-bond acceptors (Lipinski definition) is 4. The lowest BCUT2D eigenvalue weighted by Gasteiger charge is -2.25. The van der Waals surface area contributed by atoms with E-state index in [1.54, 1.807) is 32.9 Å². The van der Waals surface area contributed by atoms with Crippen molar-refractivity contribution in [3.63, 3.8) is 0 Å². The molecule has 2 aliphatic rings. The number of fused-ring (bicyclic) bond motifs is 1. The van der Waals surface area contributed by atoms with E-state index in [9.17, 15) is 17.6 Å². The number of nitrogens with zero attached hydrogens (tertiary/aromatic N) is 2. The number of benzene rings is 1. The summed E-state index contributed by atoms with van der Waals surface area (Å²) in [5, 5.41) is 0.450. The van der Waals surface area contributed by atoms with Crippen molar-refractivity contribution < 1.29 is 17.6 Å². The molecular formula is C17H21FN2O3S2. The molecule has 1 aromatic carbocycles. The lowest BCUT2D eigenvalue weighted by atomic mass is 9.96. The smallest absolute Gasteiger partial charge is 0.253 e. The zero-order valence-electron chi connectivity index (χ0n) is 14.4. The highest BCUT2D eigenvalue weighted by atomic mass is 32.2. The van der Waals surface area contributed by atoms with E-state index in [-0.39, 0.29) is 34.5 Å². The fraction of sp³-hybridized carbons (Fsp3) is 0.529. The molecule has 2 saturated heterocycles. The van der Waals surface area contributed by atoms with Crippen LogP contribution < -0.4 is 0 Å². The standard InChI is InChI=1S/C17H21FN2O3S2/c1-17(2,3)15(21)19-16-20(8-11-4-6-12(18)7-5-11)13-9-25(22,23)10-14(13)24-16/h4-7,13-14H,8-10H2,1-3H3/t13-,14-/m0/s1. The maximum Gasteiger partial charge on any atom is 0.253 e. The lowest BCUT2D eigenvalue weighted by Crippen LogP contribution is -2.37. The number of carbonyl (C=O) groups excluding carboxylic acids is 1. The Kier molecular flexibility index (Phi) is 4.70. The van der Waals surface area contributed by atoms with E-state index in [4.69, 9.17) is 0 Å². The molecule has 0 aromatic heterocycles. The summed E-state index contributed by atoms with van der Waals surface area (Å²) in [5.74, 6) is -0.390. The molecule has 25 heavy (non-hydrogen) atoms. The summed E-state index contributed by atoms with van der Waals surface area (Å²) < 4.78 is 37.1. The van der Waals surface area contributed by atoms with Crippen molar-refractivity contribution in [1.29, 1.82) is 0 Å². The van der Waals surface area contributed by atoms with Crippen molar-refractivity contribution in [2.24, 2.45) is 10.4 Å². The van der Waals surface area contributed by atoms with Crippen LogP contribution in [0, 0.1) is 11.2 Å². The van der Waals surface area contributed by atoms with Gasteiger partial charge in [0.05, 0.1) is 17.5 Å². The third-order valence-corrected chi connectivity index (χ3v) is 7.53. The average molecular weight is 384 g/mol. The first-order valence-electron chi connectivity index (χ1n) is 8.06. The summed E-state index contributed by atoms with van der Waals surface area (Å²) in [5.41, 5.74) is 0.252. The second-order valence-corrected chi connectivity index (χ2v) is 10.9. The van der Waals surface area contributed by atoms with E-state index >= 15 is 0 Å². The van der Waals surface area contributed by atoms with Crippen LogP contribution in [-0.4, -0.2) is 47.2 Å². The molecule has 0 saturated carbocycles. The van der Waals surface area contributed by atoms with Gasteiger partial charge >= 0.3 is 0 Å². The van der Waals surface area contributed by atoms with Crippen molar-refractivity contribution in [3.05, 3.63) is 35.6 Å². The third-order valence-electron chi connectivity index (χ3n) is 4.28. The highest BCUT2D eigenvalue weighted by molar-refractivity contribution is 8.15. The Morgan fingerprint density at radius 1 is 1.28 bits per heavy atom. The minimum absolute atomic E-state index is 0.0641. The molecule has 5 nitrogen and oxygen atoms in total. The quantitative estimate of drug-likeness (QED) is 0.784. The number of amidine groups is 1. The monoisotopic (exact) mass is 384 g/mol. The number of thioether (sulfide) groups is 1. The molecule has 0 unspecified atom stereocenters. The van der Waals surface area contributed by atoms with Crippen LogP contribution >= 0.6 is 11.8 Å². The second kappa shape index (κ2) is 6.39. The molecule has 0 N–H and O–H groups in total. The normalized spacial score (nSPS) is 26.9. The SMILES string of the molecule is CC(C)(C)C(=O)N=C1S[C@H]2CS(=O)(=O)C[C@@H]2N1Cc1ccc(F)cc1. The molecule has 2 fully saturated rings. The Balaban J connectivity index is 1.91. The van der Waals surface area contributed by atoms with Crippen molar-refractivity contribution >= 4 is 32.7 Å². The molecule has 2 heterocycles. The predicted octanol–water partition coefficient (Wildman–Crippen LogP) is 2.47. The van der Waals surface area contributed by atoms with Gasteiger partial charge in [0.15, 0.2) is 15.0 Å². The van der Waals surface area contributed by atoms with Gasteiger partial charge in [-0.1, -0.05) is 44.7 Å². The summed E-state index contributed by atoms with van der Waals surface area (Å²) in [6.45, 7) is 5.80. The van der Waals surface area contributed by atoms with Crippen LogP contribution in [0.5, 0.6) is 0 Å². The highest BCUT2D eigenvalue weighted by Gasteiger charge is 2.48.